The van der Waals surface area contributed by atoms with Crippen LogP contribution in [0.1, 0.15) is 138 Å². The number of carbonyl (C=O) groups is 4. The molecule has 4 fully saturated rings. The molecule has 2 amide bonds. The van der Waals surface area contributed by atoms with E-state index in [0.717, 1.165) is 51.4 Å². The molecule has 304 valence electrons. The number of nitrogens with one attached hydrogen (secondary N) is 2. The van der Waals surface area contributed by atoms with Crippen LogP contribution in [0.25, 0.3) is 0 Å². The van der Waals surface area contributed by atoms with Crippen molar-refractivity contribution < 1.29 is 39.0 Å². The van der Waals surface area contributed by atoms with Crippen LogP contribution in [0, 0.1) is 50.2 Å². The zero-order valence-corrected chi connectivity index (χ0v) is 34.4. The third-order valence-corrected chi connectivity index (χ3v) is 16.2. The summed E-state index contributed by atoms with van der Waals surface area (Å²) in [6.07, 6.45) is 11.9. The average molecular weight is 763 g/mol. The van der Waals surface area contributed by atoms with Gasteiger partial charge in [0, 0.05) is 30.9 Å². The van der Waals surface area contributed by atoms with Crippen molar-refractivity contribution in [1.82, 2.24) is 5.48 Å². The van der Waals surface area contributed by atoms with E-state index in [1.54, 1.807) is 29.7 Å². The molecule has 1 aromatic carbocycles. The second kappa shape index (κ2) is 15.3. The normalized spacial score (nSPS) is 37.5. The fraction of sp³-hybridized carbons (Fsp3) is 0.733. The number of ketones is 1. The van der Waals surface area contributed by atoms with Gasteiger partial charge in [-0.1, -0.05) is 47.1 Å². The summed E-state index contributed by atoms with van der Waals surface area (Å²) in [5, 5.41) is 22.4. The van der Waals surface area contributed by atoms with E-state index in [-0.39, 0.29) is 82.1 Å². The van der Waals surface area contributed by atoms with Crippen molar-refractivity contribution in [2.75, 3.05) is 18.5 Å². The summed E-state index contributed by atoms with van der Waals surface area (Å²) in [5.41, 5.74) is 2.24. The number of hydroxylamine groups is 1. The van der Waals surface area contributed by atoms with E-state index < -0.39 is 11.3 Å². The number of amides is 2. The van der Waals surface area contributed by atoms with Crippen molar-refractivity contribution in [3.63, 3.8) is 0 Å². The Labute approximate surface area is 327 Å². The predicted molar refractivity (Wildman–Crippen MR) is 210 cm³/mol. The Morgan fingerprint density at radius 2 is 1.49 bits per heavy atom. The summed E-state index contributed by atoms with van der Waals surface area (Å²) >= 11 is 0. The van der Waals surface area contributed by atoms with E-state index in [9.17, 15) is 24.3 Å². The number of rotatable bonds is 12. The zero-order chi connectivity index (χ0) is 40.0. The summed E-state index contributed by atoms with van der Waals surface area (Å²) in [7, 11) is 0. The fourth-order valence-corrected chi connectivity index (χ4v) is 12.4. The van der Waals surface area contributed by atoms with E-state index in [1.807, 2.05) is 0 Å². The highest BCUT2D eigenvalue weighted by molar-refractivity contribution is 5.96. The molecule has 0 unspecified atom stereocenters. The maximum absolute atomic E-state index is 14.6. The van der Waals surface area contributed by atoms with Crippen LogP contribution in [0.3, 0.4) is 0 Å². The van der Waals surface area contributed by atoms with Crippen molar-refractivity contribution in [2.24, 2.45) is 50.2 Å². The minimum atomic E-state index is -0.633. The van der Waals surface area contributed by atoms with Crippen LogP contribution in [0.2, 0.25) is 0 Å². The van der Waals surface area contributed by atoms with E-state index in [2.05, 4.69) is 59.9 Å². The van der Waals surface area contributed by atoms with Gasteiger partial charge < -0.3 is 19.9 Å². The van der Waals surface area contributed by atoms with Crippen LogP contribution >= 0.6 is 0 Å². The van der Waals surface area contributed by atoms with Gasteiger partial charge in [0.1, 0.15) is 5.75 Å². The average Bonchev–Trinajstić information content (AvgIpc) is 3.13. The second-order valence-corrected chi connectivity index (χ2v) is 19.8. The van der Waals surface area contributed by atoms with Crippen molar-refractivity contribution in [2.45, 2.75) is 144 Å². The van der Waals surface area contributed by atoms with Gasteiger partial charge in [-0.2, -0.15) is 0 Å². The minimum absolute atomic E-state index is 0.0407. The lowest BCUT2D eigenvalue weighted by atomic mass is 9.33. The van der Waals surface area contributed by atoms with Crippen molar-refractivity contribution in [3.8, 4) is 5.75 Å². The quantitative estimate of drug-likeness (QED) is 0.0718. The number of allylic oxidation sites excluding steroid dienone is 2. The fourth-order valence-electron chi connectivity index (χ4n) is 12.4. The summed E-state index contributed by atoms with van der Waals surface area (Å²) < 4.78 is 11.8. The molecule has 5 aliphatic rings. The Morgan fingerprint density at radius 3 is 2.18 bits per heavy atom. The number of carbonyl (C=O) groups excluding carboxylic acids is 4. The highest BCUT2D eigenvalue weighted by Gasteiger charge is 2.70. The van der Waals surface area contributed by atoms with E-state index in [1.165, 1.54) is 5.57 Å². The van der Waals surface area contributed by atoms with Gasteiger partial charge in [-0.3, -0.25) is 24.4 Å². The molecule has 0 bridgehead atoms. The first-order valence-electron chi connectivity index (χ1n) is 20.9. The lowest BCUT2D eigenvalue weighted by Gasteiger charge is -2.70. The molecule has 9 atom stereocenters. The first-order valence-corrected chi connectivity index (χ1v) is 20.9. The monoisotopic (exact) mass is 762 g/mol. The minimum Gasteiger partial charge on any atom is -0.493 e. The van der Waals surface area contributed by atoms with Gasteiger partial charge in [0.25, 0.3) is 0 Å². The van der Waals surface area contributed by atoms with E-state index >= 15 is 0 Å². The Kier molecular flexibility index (Phi) is 11.5. The number of anilines is 1. The number of benzene rings is 1. The third kappa shape index (κ3) is 7.39. The lowest BCUT2D eigenvalue weighted by Crippen LogP contribution is -2.66. The van der Waals surface area contributed by atoms with Crippen molar-refractivity contribution >= 4 is 29.3 Å². The molecule has 0 aromatic heterocycles. The third-order valence-electron chi connectivity index (χ3n) is 16.2. The van der Waals surface area contributed by atoms with Gasteiger partial charge in [-0.25, -0.2) is 5.48 Å². The van der Waals surface area contributed by atoms with Crippen LogP contribution in [-0.4, -0.2) is 53.2 Å². The number of hydrogen-bond donors (Lipinski definition) is 4. The number of ether oxygens (including phenoxy) is 2. The second-order valence-electron chi connectivity index (χ2n) is 19.8. The van der Waals surface area contributed by atoms with Gasteiger partial charge in [-0.15, -0.1) is 0 Å². The van der Waals surface area contributed by atoms with Gasteiger partial charge in [0.05, 0.1) is 24.7 Å². The summed E-state index contributed by atoms with van der Waals surface area (Å²) in [4.78, 5) is 51.8. The number of fused-ring (bicyclic) bond motifs is 7. The van der Waals surface area contributed by atoms with Crippen LogP contribution in [0.15, 0.2) is 35.9 Å². The highest BCUT2D eigenvalue weighted by atomic mass is 16.5. The van der Waals surface area contributed by atoms with E-state index in [4.69, 9.17) is 14.7 Å². The summed E-state index contributed by atoms with van der Waals surface area (Å²) in [6, 6.07) is 7.10. The van der Waals surface area contributed by atoms with Crippen LogP contribution in [0.4, 0.5) is 5.69 Å². The smallest absolute Gasteiger partial charge is 0.311 e. The standard InChI is InChI=1S/C45H66N2O8/c1-40(2)34-17-20-45(7)38(43(34,5)19-18-35(40)49)33(48)27-31-32-28-42(4,22-21-41(32,3)23-24-44(31,45)6)39(52)55-26-10-25-54-30-15-13-29(14-16-30)46-36(50)11-8-9-12-37(51)47-53/h13-16,27,32,34-35,38,49,53H,8-12,17-26,28H2,1-7H3,(H,46,50)(H,47,51)/t32-,34-,35-,38+,41+,42-,43-,44+,45+/m0/s1. The Hall–Kier alpha value is -3.24. The molecule has 5 aliphatic carbocycles. The molecule has 55 heavy (non-hydrogen) atoms. The molecule has 10 heteroatoms. The number of aliphatic hydroxyl groups excluding tert-OH is 1. The maximum Gasteiger partial charge on any atom is 0.311 e. The number of aliphatic hydroxyl groups is 1. The van der Waals surface area contributed by atoms with Crippen molar-refractivity contribution in [3.05, 3.63) is 35.9 Å². The SMILES string of the molecule is CC1(C)[C@@H](O)CC[C@]2(C)[C@H]3C(=O)C=C4[C@@H]5C[C@@](C)(C(=O)OCCCOc6ccc(NC(=O)CCCCC(=O)NO)cc6)CC[C@]5(C)CC[C@@]4(C)[C@]3(C)CC[C@@H]12. The number of hydrogen-bond acceptors (Lipinski definition) is 8. The summed E-state index contributed by atoms with van der Waals surface area (Å²) in [5.74, 6) is 0.519. The lowest BCUT2D eigenvalue weighted by molar-refractivity contribution is -0.202. The van der Waals surface area contributed by atoms with Crippen LogP contribution < -0.4 is 15.5 Å². The van der Waals surface area contributed by atoms with E-state index in [0.29, 0.717) is 49.6 Å². The molecule has 4 saturated carbocycles. The predicted octanol–water partition coefficient (Wildman–Crippen LogP) is 8.34. The topological polar surface area (TPSA) is 151 Å². The molecule has 1 aromatic rings. The molecule has 4 N–H and O–H groups in total. The first-order chi connectivity index (χ1) is 25.8. The Balaban J connectivity index is 1.04. The molecule has 0 spiro atoms. The summed E-state index contributed by atoms with van der Waals surface area (Å²) in [6.45, 7) is 16.7. The van der Waals surface area contributed by atoms with Crippen molar-refractivity contribution in [1.29, 1.82) is 0 Å². The molecule has 0 aliphatic heterocycles. The maximum atomic E-state index is 14.6. The van der Waals surface area contributed by atoms with Crippen LogP contribution in [-0.2, 0) is 23.9 Å². The molecule has 0 saturated heterocycles. The Morgan fingerprint density at radius 1 is 0.818 bits per heavy atom. The van der Waals surface area contributed by atoms with Gasteiger partial charge in [0.2, 0.25) is 11.8 Å². The van der Waals surface area contributed by atoms with Gasteiger partial charge in [0.15, 0.2) is 5.78 Å². The largest absolute Gasteiger partial charge is 0.493 e. The molecule has 0 heterocycles. The first kappa shape index (κ1) is 41.4. The molecule has 6 rings (SSSR count). The van der Waals surface area contributed by atoms with Crippen LogP contribution in [0.5, 0.6) is 5.75 Å². The van der Waals surface area contributed by atoms with Gasteiger partial charge in [-0.05, 0) is 147 Å². The number of esters is 1. The molecular formula is C45H66N2O8. The number of unbranched alkanes of at least 4 members (excludes halogenated alkanes) is 1. The van der Waals surface area contributed by atoms with Gasteiger partial charge >= 0.3 is 5.97 Å². The highest BCUT2D eigenvalue weighted by Crippen LogP contribution is 2.75. The molecule has 10 nitrogen and oxygen atoms in total. The molecule has 0 radical (unpaired) electrons. The Bertz CT molecular complexity index is 1670. The molecular weight excluding hydrogens is 697 g/mol. The zero-order valence-electron chi connectivity index (χ0n) is 34.4.